The van der Waals surface area contributed by atoms with Crippen molar-refractivity contribution in [2.75, 3.05) is 5.01 Å². The molecule has 0 aliphatic carbocycles. The number of benzene rings is 2. The average molecular weight is 408 g/mol. The highest BCUT2D eigenvalue weighted by Crippen LogP contribution is 2.32. The summed E-state index contributed by atoms with van der Waals surface area (Å²) >= 11 is 5.85. The molecular weight excluding hydrogens is 394 g/mol. The molecule has 1 aliphatic heterocycles. The average Bonchev–Trinajstić information content (AvgIpc) is 2.89. The molecule has 2 aromatic rings. The van der Waals surface area contributed by atoms with Crippen LogP contribution in [0.3, 0.4) is 0 Å². The number of para-hydroxylation sites is 1. The first-order chi connectivity index (χ1) is 12.7. The van der Waals surface area contributed by atoms with Crippen molar-refractivity contribution in [2.24, 2.45) is 20.5 Å². The van der Waals surface area contributed by atoms with Crippen molar-refractivity contribution in [1.82, 2.24) is 0 Å². The van der Waals surface area contributed by atoms with E-state index in [1.165, 1.54) is 36.4 Å². The lowest BCUT2D eigenvalue weighted by Crippen LogP contribution is -2.31. The van der Waals surface area contributed by atoms with E-state index in [4.69, 9.17) is 16.7 Å². The molecule has 1 unspecified atom stereocenters. The number of azo groups is 1. The Morgan fingerprint density at radius 2 is 1.96 bits per heavy atom. The van der Waals surface area contributed by atoms with Crippen LogP contribution in [0.5, 0.6) is 5.75 Å². The molecule has 0 spiro atoms. The lowest BCUT2D eigenvalue weighted by atomic mass is 10.2. The Bertz CT molecular complexity index is 1080. The summed E-state index contributed by atoms with van der Waals surface area (Å²) in [6.45, 7) is 1.55. The normalized spacial score (nSPS) is 17.6. The Morgan fingerprint density at radius 3 is 2.67 bits per heavy atom. The Balaban J connectivity index is 1.94. The zero-order valence-electron chi connectivity index (χ0n) is 13.9. The second kappa shape index (κ2) is 7.06. The van der Waals surface area contributed by atoms with Crippen LogP contribution in [0.2, 0.25) is 5.02 Å². The number of phenols is 1. The van der Waals surface area contributed by atoms with Gasteiger partial charge in [-0.05, 0) is 37.3 Å². The summed E-state index contributed by atoms with van der Waals surface area (Å²) in [5.41, 5.74) is 0.411. The quantitative estimate of drug-likeness (QED) is 0.752. The molecule has 3 rings (SSSR count). The summed E-state index contributed by atoms with van der Waals surface area (Å²) in [4.78, 5) is 12.5. The largest absolute Gasteiger partial charge is 0.506 e. The summed E-state index contributed by atoms with van der Waals surface area (Å²) in [6.07, 6.45) is 0. The number of carbonyl (C=O) groups excluding carboxylic acids is 1. The molecule has 0 aromatic heterocycles. The van der Waals surface area contributed by atoms with Crippen molar-refractivity contribution in [3.8, 4) is 5.75 Å². The van der Waals surface area contributed by atoms with Crippen LogP contribution in [-0.4, -0.2) is 31.2 Å². The number of nitrogens with zero attached hydrogens (tertiary/aromatic N) is 4. The van der Waals surface area contributed by atoms with E-state index in [9.17, 15) is 18.3 Å². The van der Waals surface area contributed by atoms with Gasteiger partial charge in [0.1, 0.15) is 16.3 Å². The van der Waals surface area contributed by atoms with E-state index in [0.717, 1.165) is 5.01 Å². The number of nitrogens with two attached hydrogens (primary N) is 1. The van der Waals surface area contributed by atoms with Crippen LogP contribution < -0.4 is 10.1 Å². The van der Waals surface area contributed by atoms with Crippen LogP contribution in [0.15, 0.2) is 62.7 Å². The molecule has 2 aromatic carbocycles. The molecule has 0 saturated heterocycles. The van der Waals surface area contributed by atoms with Crippen LogP contribution in [0, 0.1) is 0 Å². The van der Waals surface area contributed by atoms with Crippen LogP contribution in [0.4, 0.5) is 11.4 Å². The van der Waals surface area contributed by atoms with Crippen molar-refractivity contribution in [1.29, 1.82) is 0 Å². The summed E-state index contributed by atoms with van der Waals surface area (Å²) in [7, 11) is -4.06. The summed E-state index contributed by atoms with van der Waals surface area (Å²) in [5, 5.41) is 28.1. The van der Waals surface area contributed by atoms with Crippen LogP contribution in [0.25, 0.3) is 0 Å². The highest BCUT2D eigenvalue weighted by Gasteiger charge is 2.36. The molecule has 0 bridgehead atoms. The second-order valence-electron chi connectivity index (χ2n) is 5.66. The lowest BCUT2D eigenvalue weighted by molar-refractivity contribution is -0.117. The monoisotopic (exact) mass is 407 g/mol. The number of anilines is 1. The van der Waals surface area contributed by atoms with Gasteiger partial charge in [0.15, 0.2) is 6.04 Å². The van der Waals surface area contributed by atoms with Gasteiger partial charge in [0.2, 0.25) is 10.0 Å². The molecule has 1 heterocycles. The first-order valence-corrected chi connectivity index (χ1v) is 9.51. The van der Waals surface area contributed by atoms with Gasteiger partial charge in [-0.15, -0.1) is 0 Å². The Labute approximate surface area is 159 Å². The first kappa shape index (κ1) is 19.0. The minimum atomic E-state index is -4.06. The molecule has 1 amide bonds. The first-order valence-electron chi connectivity index (χ1n) is 7.59. The topological polar surface area (TPSA) is 138 Å². The number of aromatic hydroxyl groups is 1. The van der Waals surface area contributed by atoms with Crippen LogP contribution in [0.1, 0.15) is 6.92 Å². The summed E-state index contributed by atoms with van der Waals surface area (Å²) in [6, 6.07) is 8.88. The third-order valence-electron chi connectivity index (χ3n) is 3.71. The van der Waals surface area contributed by atoms with E-state index in [1.54, 1.807) is 13.0 Å². The SMILES string of the molecule is CC1=NN(c2ccccc2S(N)(=O)=O)C(=O)C1N=Nc1cc(Cl)ccc1O. The van der Waals surface area contributed by atoms with Gasteiger partial charge in [-0.1, -0.05) is 23.7 Å². The smallest absolute Gasteiger partial charge is 0.280 e. The maximum atomic E-state index is 12.7. The second-order valence-corrected chi connectivity index (χ2v) is 7.62. The van der Waals surface area contributed by atoms with Gasteiger partial charge in [-0.2, -0.15) is 20.3 Å². The number of phenolic OH excluding ortho intramolecular Hbond substituents is 1. The molecule has 1 aliphatic rings. The molecule has 27 heavy (non-hydrogen) atoms. The lowest BCUT2D eigenvalue weighted by Gasteiger charge is -2.15. The Hall–Kier alpha value is -2.82. The van der Waals surface area contributed by atoms with Gasteiger partial charge in [-0.25, -0.2) is 13.6 Å². The van der Waals surface area contributed by atoms with Gasteiger partial charge in [0.25, 0.3) is 5.91 Å². The van der Waals surface area contributed by atoms with Gasteiger partial charge in [-0.3, -0.25) is 4.79 Å². The highest BCUT2D eigenvalue weighted by molar-refractivity contribution is 7.89. The molecule has 1 atom stereocenters. The minimum absolute atomic E-state index is 0.0210. The highest BCUT2D eigenvalue weighted by atomic mass is 35.5. The zero-order chi connectivity index (χ0) is 19.8. The molecular formula is C16H14ClN5O4S. The number of hydrogen-bond donors (Lipinski definition) is 2. The number of primary sulfonamides is 1. The van der Waals surface area contributed by atoms with Gasteiger partial charge >= 0.3 is 0 Å². The van der Waals surface area contributed by atoms with Crippen LogP contribution >= 0.6 is 11.6 Å². The molecule has 9 nitrogen and oxygen atoms in total. The van der Waals surface area contributed by atoms with Gasteiger partial charge in [0.05, 0.1) is 11.4 Å². The van der Waals surface area contributed by atoms with Gasteiger partial charge < -0.3 is 5.11 Å². The summed E-state index contributed by atoms with van der Waals surface area (Å²) in [5.74, 6) is -0.756. The van der Waals surface area contributed by atoms with E-state index in [0.29, 0.717) is 10.7 Å². The maximum absolute atomic E-state index is 12.7. The predicted octanol–water partition coefficient (Wildman–Crippen LogP) is 2.57. The predicted molar refractivity (Wildman–Crippen MR) is 99.8 cm³/mol. The van der Waals surface area contributed by atoms with E-state index in [1.807, 2.05) is 0 Å². The van der Waals surface area contributed by atoms with E-state index in [2.05, 4.69) is 15.3 Å². The fraction of sp³-hybridized carbons (Fsp3) is 0.125. The standard InChI is InChI=1S/C16H14ClN5O4S/c1-9-15(20-19-11-8-10(17)6-7-13(11)23)16(24)22(21-9)12-4-2-3-5-14(12)27(18,25)26/h2-8,15,23H,1H3,(H2,18,25,26). The molecule has 11 heteroatoms. The summed E-state index contributed by atoms with van der Waals surface area (Å²) < 4.78 is 23.5. The van der Waals surface area contributed by atoms with Gasteiger partial charge in [0, 0.05) is 5.02 Å². The Kier molecular flexibility index (Phi) is 4.96. The van der Waals surface area contributed by atoms with Crippen LogP contribution in [-0.2, 0) is 14.8 Å². The van der Waals surface area contributed by atoms with Crippen molar-refractivity contribution in [3.63, 3.8) is 0 Å². The minimum Gasteiger partial charge on any atom is -0.506 e. The number of carbonyl (C=O) groups is 1. The molecule has 0 fully saturated rings. The molecule has 3 N–H and O–H groups in total. The number of amides is 1. The number of hydrogen-bond acceptors (Lipinski definition) is 7. The number of rotatable bonds is 4. The van der Waals surface area contributed by atoms with E-state index < -0.39 is 22.0 Å². The molecule has 0 radical (unpaired) electrons. The van der Waals surface area contributed by atoms with Crippen molar-refractivity contribution in [2.45, 2.75) is 17.9 Å². The Morgan fingerprint density at radius 1 is 1.26 bits per heavy atom. The molecule has 0 saturated carbocycles. The van der Waals surface area contributed by atoms with Crippen molar-refractivity contribution in [3.05, 3.63) is 47.5 Å². The third-order valence-corrected chi connectivity index (χ3v) is 4.91. The fourth-order valence-corrected chi connectivity index (χ4v) is 3.31. The number of halogens is 1. The molecule has 140 valence electrons. The van der Waals surface area contributed by atoms with Crippen molar-refractivity contribution < 1.29 is 18.3 Å². The number of sulfonamides is 1. The fourth-order valence-electron chi connectivity index (χ4n) is 2.43. The zero-order valence-corrected chi connectivity index (χ0v) is 15.5. The maximum Gasteiger partial charge on any atom is 0.280 e. The van der Waals surface area contributed by atoms with E-state index in [-0.39, 0.29) is 22.0 Å². The van der Waals surface area contributed by atoms with E-state index >= 15 is 0 Å². The van der Waals surface area contributed by atoms with Crippen molar-refractivity contribution >= 4 is 44.6 Å². The number of hydrazone groups is 1. The third kappa shape index (κ3) is 3.82.